The van der Waals surface area contributed by atoms with E-state index in [4.69, 9.17) is 18.9 Å². The molecule has 0 bridgehead atoms. The molecule has 12 amide bonds. The molecule has 0 aromatic carbocycles. The maximum Gasteiger partial charge on any atom is 0.325 e. The van der Waals surface area contributed by atoms with Crippen LogP contribution in [0.1, 0.15) is 0 Å². The molecular formula is C56H88N12O32. The van der Waals surface area contributed by atoms with Gasteiger partial charge in [0, 0.05) is 28.2 Å². The van der Waals surface area contributed by atoms with Crippen molar-refractivity contribution in [2.75, 3.05) is 243 Å². The van der Waals surface area contributed by atoms with Gasteiger partial charge in [0.1, 0.15) is 131 Å². The third kappa shape index (κ3) is 40.1. The van der Waals surface area contributed by atoms with E-state index in [0.29, 0.717) is 29.4 Å². The molecule has 0 aromatic rings. The van der Waals surface area contributed by atoms with Crippen LogP contribution in [0.15, 0.2) is 0 Å². The van der Waals surface area contributed by atoms with Gasteiger partial charge < -0.3 is 117 Å². The molecule has 0 aliphatic carbocycles. The van der Waals surface area contributed by atoms with E-state index < -0.39 is 237 Å². The Morgan fingerprint density at radius 3 is 0.460 bits per heavy atom. The summed E-state index contributed by atoms with van der Waals surface area (Å²) in [6.45, 7) is -15.1. The molecule has 0 radical (unpaired) electrons. The lowest BCUT2D eigenvalue weighted by atomic mass is 10.3. The number of amides is 12. The lowest BCUT2D eigenvalue weighted by molar-refractivity contribution is -0.157. The molecule has 0 saturated carbocycles. The van der Waals surface area contributed by atoms with Crippen molar-refractivity contribution in [3.63, 3.8) is 0 Å². The van der Waals surface area contributed by atoms with E-state index in [1.54, 1.807) is 0 Å². The largest absolute Gasteiger partial charge is 0.468 e. The predicted molar refractivity (Wildman–Crippen MR) is 328 cm³/mol. The molecule has 0 aliphatic rings. The Balaban J connectivity index is 0. The highest BCUT2D eigenvalue weighted by Crippen LogP contribution is 2.06. The minimum absolute atomic E-state index is 0.0439. The minimum Gasteiger partial charge on any atom is -0.468 e. The van der Waals surface area contributed by atoms with E-state index in [9.17, 15) is 95.9 Å². The van der Waals surface area contributed by atoms with Crippen LogP contribution in [-0.4, -0.2) is 400 Å². The number of nitrogens with zero attached hydrogens (tertiary/aromatic N) is 8. The second-order valence-corrected chi connectivity index (χ2v) is 19.5. The highest BCUT2D eigenvalue weighted by atomic mass is 16.6. The number of methoxy groups -OCH3 is 8. The van der Waals surface area contributed by atoms with Crippen molar-refractivity contribution in [2.24, 2.45) is 0 Å². The van der Waals surface area contributed by atoms with Gasteiger partial charge in [0.2, 0.25) is 70.9 Å². The van der Waals surface area contributed by atoms with Gasteiger partial charge in [0.15, 0.2) is 0 Å². The van der Waals surface area contributed by atoms with Crippen molar-refractivity contribution in [2.45, 2.75) is 0 Å². The summed E-state index contributed by atoms with van der Waals surface area (Å²) in [5.74, 6) is -17.1. The third-order valence-electron chi connectivity index (χ3n) is 12.6. The average Bonchev–Trinajstić information content (AvgIpc) is 0.894. The standard InChI is InChI=1S/C38H56N6O24.C18H32N6O8/c1-59-31(51)15-41(16-32(52)60-2)25(45)11-39(12-26(46)42(17-33(53)61-3)18-34(54)62-4)29(49)23-67-9-10-68-24-30(50)40(13-27(47)43(19-35(55)63-5)20-36(56)64-6)14-28(48)44(21-37(57)65-7)22-38(58)66-8;1-19-13(25)7-23(8-14(26)20-2)17(29)11-31-5-6-32-12-18(30)24(9-15(27)21-3)10-16(28)22-4/h9-24H2,1-8H3;5-12H2,1-4H3,(H,19,25)(H,20,26)(H,21,27)(H,22,28). The van der Waals surface area contributed by atoms with E-state index in [2.05, 4.69) is 59.2 Å². The topological polar surface area (TPSA) is 526 Å². The van der Waals surface area contributed by atoms with Crippen LogP contribution in [0.4, 0.5) is 0 Å². The van der Waals surface area contributed by atoms with Gasteiger partial charge in [-0.2, -0.15) is 0 Å². The van der Waals surface area contributed by atoms with E-state index in [1.165, 1.54) is 28.2 Å². The summed E-state index contributed by atoms with van der Waals surface area (Å²) in [7, 11) is 13.6. The van der Waals surface area contributed by atoms with Crippen LogP contribution in [0.2, 0.25) is 0 Å². The van der Waals surface area contributed by atoms with Gasteiger partial charge in [-0.25, -0.2) is 0 Å². The Hall–Kier alpha value is -10.8. The molecule has 0 atom stereocenters. The van der Waals surface area contributed by atoms with Crippen molar-refractivity contribution in [1.29, 1.82) is 0 Å². The summed E-state index contributed by atoms with van der Waals surface area (Å²) < 4.78 is 57.5. The first kappa shape index (κ1) is 91.3. The van der Waals surface area contributed by atoms with Crippen LogP contribution in [0, 0.1) is 0 Å². The van der Waals surface area contributed by atoms with Gasteiger partial charge in [-0.3, -0.25) is 95.9 Å². The first-order valence-electron chi connectivity index (χ1n) is 29.2. The fourth-order valence-electron chi connectivity index (χ4n) is 6.92. The van der Waals surface area contributed by atoms with Gasteiger partial charge in [0.25, 0.3) is 0 Å². The highest BCUT2D eigenvalue weighted by Gasteiger charge is 2.33. The normalized spacial score (nSPS) is 10.1. The van der Waals surface area contributed by atoms with Crippen molar-refractivity contribution < 1.29 is 153 Å². The summed E-state index contributed by atoms with van der Waals surface area (Å²) in [5.41, 5.74) is 0. The van der Waals surface area contributed by atoms with Crippen molar-refractivity contribution >= 4 is 119 Å². The molecule has 44 heteroatoms. The molecule has 4 N–H and O–H groups in total. The number of hydrogen-bond acceptors (Lipinski definition) is 32. The van der Waals surface area contributed by atoms with Gasteiger partial charge in [-0.1, -0.05) is 0 Å². The fraction of sp³-hybridized carbons (Fsp3) is 0.643. The molecule has 0 saturated heterocycles. The summed E-state index contributed by atoms with van der Waals surface area (Å²) in [6, 6.07) is 0. The van der Waals surface area contributed by atoms with Crippen LogP contribution < -0.4 is 21.3 Å². The van der Waals surface area contributed by atoms with Crippen LogP contribution in [-0.2, 0) is 153 Å². The first-order chi connectivity index (χ1) is 47.3. The smallest absolute Gasteiger partial charge is 0.325 e. The number of esters is 8. The van der Waals surface area contributed by atoms with Gasteiger partial charge in [-0.05, 0) is 0 Å². The zero-order valence-corrected chi connectivity index (χ0v) is 57.6. The Morgan fingerprint density at radius 2 is 0.330 bits per heavy atom. The lowest BCUT2D eigenvalue weighted by Crippen LogP contribution is -2.51. The van der Waals surface area contributed by atoms with Gasteiger partial charge >= 0.3 is 47.8 Å². The first-order valence-corrected chi connectivity index (χ1v) is 29.2. The highest BCUT2D eigenvalue weighted by molar-refractivity contribution is 5.96. The molecular weight excluding hydrogens is 1350 g/mol. The van der Waals surface area contributed by atoms with E-state index >= 15 is 0 Å². The van der Waals surface area contributed by atoms with Crippen LogP contribution in [0.5, 0.6) is 0 Å². The molecule has 0 rings (SSSR count). The number of hydrogen-bond donors (Lipinski definition) is 4. The van der Waals surface area contributed by atoms with E-state index in [1.807, 2.05) is 0 Å². The summed E-state index contributed by atoms with van der Waals surface area (Å²) in [6.07, 6.45) is 0. The predicted octanol–water partition coefficient (Wildman–Crippen LogP) is -11.0. The number of likely N-dealkylation sites (N-methyl/N-ethyl adjacent to an activating group) is 4. The third-order valence-corrected chi connectivity index (χ3v) is 12.6. The second-order valence-electron chi connectivity index (χ2n) is 19.5. The zero-order chi connectivity index (χ0) is 76.5. The molecule has 0 fully saturated rings. The Kier molecular flexibility index (Phi) is 47.8. The maximum absolute atomic E-state index is 13.5. The van der Waals surface area contributed by atoms with E-state index in [0.717, 1.165) is 66.7 Å². The van der Waals surface area contributed by atoms with Crippen LogP contribution in [0.25, 0.3) is 0 Å². The summed E-state index contributed by atoms with van der Waals surface area (Å²) in [4.78, 5) is 253. The number of carbonyl (C=O) groups is 20. The lowest BCUT2D eigenvalue weighted by Gasteiger charge is -2.28. The van der Waals surface area contributed by atoms with Crippen molar-refractivity contribution in [3.05, 3.63) is 0 Å². The molecule has 100 heavy (non-hydrogen) atoms. The zero-order valence-electron chi connectivity index (χ0n) is 57.6. The Morgan fingerprint density at radius 1 is 0.200 bits per heavy atom. The number of rotatable bonds is 46. The molecule has 0 heterocycles. The number of nitrogens with one attached hydrogen (secondary N) is 4. The number of ether oxygens (including phenoxy) is 12. The van der Waals surface area contributed by atoms with Crippen LogP contribution >= 0.6 is 0 Å². The summed E-state index contributed by atoms with van der Waals surface area (Å²) >= 11 is 0. The number of carbonyl (C=O) groups excluding carboxylic acids is 20. The minimum atomic E-state index is -1.08. The Labute approximate surface area is 573 Å². The average molecular weight is 1440 g/mol. The van der Waals surface area contributed by atoms with Gasteiger partial charge in [0.05, 0.1) is 83.3 Å². The molecule has 44 nitrogen and oxygen atoms in total. The van der Waals surface area contributed by atoms with Crippen LogP contribution in [0.3, 0.4) is 0 Å². The molecule has 564 valence electrons. The monoisotopic (exact) mass is 1440 g/mol. The van der Waals surface area contributed by atoms with Gasteiger partial charge in [-0.15, -0.1) is 0 Å². The summed E-state index contributed by atoms with van der Waals surface area (Å²) in [5, 5.41) is 9.46. The van der Waals surface area contributed by atoms with Crippen molar-refractivity contribution in [1.82, 2.24) is 60.5 Å². The molecule has 0 aliphatic heterocycles. The van der Waals surface area contributed by atoms with Crippen molar-refractivity contribution in [3.8, 4) is 0 Å². The molecule has 0 aromatic heterocycles. The van der Waals surface area contributed by atoms with E-state index in [-0.39, 0.29) is 39.4 Å². The second kappa shape index (κ2) is 52.4. The fourth-order valence-corrected chi connectivity index (χ4v) is 6.92. The molecule has 0 unspecified atom stereocenters. The molecule has 0 spiro atoms. The Bertz CT molecular complexity index is 2420. The SMILES string of the molecule is CNC(=O)CN(CC(=O)NC)C(=O)COCCOCC(=O)N(CC(=O)NC)CC(=O)NC.COC(=O)CN(CC(=O)OC)C(=O)CN(CC(=O)N(CC(=O)OC)CC(=O)OC)C(=O)COCCOCC(=O)N(CC(=O)N(CC(=O)OC)CC(=O)OC)CC(=O)N(CC(=O)OC)CC(=O)OC. The maximum atomic E-state index is 13.5. The quantitative estimate of drug-likeness (QED) is 0.0250.